The number of halogens is 1. The third kappa shape index (κ3) is 2.12. The van der Waals surface area contributed by atoms with Gasteiger partial charge in [-0.3, -0.25) is 4.98 Å². The summed E-state index contributed by atoms with van der Waals surface area (Å²) in [5.74, 6) is 0.829. The fourth-order valence-electron chi connectivity index (χ4n) is 2.32. The number of aryl methyl sites for hydroxylation is 1. The van der Waals surface area contributed by atoms with Crippen molar-refractivity contribution in [2.24, 2.45) is 0 Å². The number of hydrogen-bond donors (Lipinski definition) is 1. The number of imidazole rings is 1. The SMILES string of the molecule is CCCn1c(-c2ccc(N)cn2)nc2cccc(Cl)c21. The Morgan fingerprint density at radius 3 is 2.80 bits per heavy atom. The van der Waals surface area contributed by atoms with E-state index < -0.39 is 0 Å². The highest BCUT2D eigenvalue weighted by Crippen LogP contribution is 2.29. The van der Waals surface area contributed by atoms with E-state index in [1.807, 2.05) is 30.3 Å². The topological polar surface area (TPSA) is 56.7 Å². The summed E-state index contributed by atoms with van der Waals surface area (Å²) in [6.45, 7) is 2.98. The lowest BCUT2D eigenvalue weighted by Gasteiger charge is -2.08. The summed E-state index contributed by atoms with van der Waals surface area (Å²) in [6.07, 6.45) is 2.64. The molecule has 1 aromatic carbocycles. The molecule has 0 radical (unpaired) electrons. The van der Waals surface area contributed by atoms with E-state index in [2.05, 4.69) is 21.5 Å². The third-order valence-electron chi connectivity index (χ3n) is 3.18. The van der Waals surface area contributed by atoms with Gasteiger partial charge < -0.3 is 10.3 Å². The van der Waals surface area contributed by atoms with Gasteiger partial charge in [-0.2, -0.15) is 0 Å². The molecule has 0 saturated carbocycles. The quantitative estimate of drug-likeness (QED) is 0.798. The molecule has 0 saturated heterocycles. The van der Waals surface area contributed by atoms with Crippen LogP contribution in [0.15, 0.2) is 36.5 Å². The van der Waals surface area contributed by atoms with E-state index in [-0.39, 0.29) is 0 Å². The molecule has 0 aliphatic heterocycles. The molecular weight excluding hydrogens is 272 g/mol. The van der Waals surface area contributed by atoms with E-state index >= 15 is 0 Å². The molecule has 2 N–H and O–H groups in total. The Labute approximate surface area is 122 Å². The molecule has 0 atom stereocenters. The second-order valence-electron chi connectivity index (χ2n) is 4.67. The van der Waals surface area contributed by atoms with Crippen LogP contribution in [-0.4, -0.2) is 14.5 Å². The number of anilines is 1. The molecule has 0 bridgehead atoms. The molecule has 5 heteroatoms. The van der Waals surface area contributed by atoms with Crippen molar-refractivity contribution in [1.29, 1.82) is 0 Å². The summed E-state index contributed by atoms with van der Waals surface area (Å²) in [7, 11) is 0. The summed E-state index contributed by atoms with van der Waals surface area (Å²) in [6, 6.07) is 9.48. The van der Waals surface area contributed by atoms with Gasteiger partial charge in [-0.05, 0) is 30.7 Å². The van der Waals surface area contributed by atoms with Crippen LogP contribution in [0.25, 0.3) is 22.6 Å². The molecule has 20 heavy (non-hydrogen) atoms. The van der Waals surface area contributed by atoms with Gasteiger partial charge in [0.15, 0.2) is 5.82 Å². The van der Waals surface area contributed by atoms with Gasteiger partial charge >= 0.3 is 0 Å². The van der Waals surface area contributed by atoms with Crippen molar-refractivity contribution >= 4 is 28.3 Å². The van der Waals surface area contributed by atoms with Crippen LogP contribution in [0.1, 0.15) is 13.3 Å². The van der Waals surface area contributed by atoms with Crippen LogP contribution < -0.4 is 5.73 Å². The lowest BCUT2D eigenvalue weighted by atomic mass is 10.3. The van der Waals surface area contributed by atoms with Gasteiger partial charge in [-0.1, -0.05) is 24.6 Å². The molecule has 4 nitrogen and oxygen atoms in total. The second-order valence-corrected chi connectivity index (χ2v) is 5.08. The number of benzene rings is 1. The monoisotopic (exact) mass is 286 g/mol. The number of nitrogens with zero attached hydrogens (tertiary/aromatic N) is 3. The van der Waals surface area contributed by atoms with Gasteiger partial charge in [0.2, 0.25) is 0 Å². The Morgan fingerprint density at radius 1 is 1.25 bits per heavy atom. The minimum absolute atomic E-state index is 0.643. The van der Waals surface area contributed by atoms with Gasteiger partial charge in [0.25, 0.3) is 0 Å². The standard InChI is InChI=1S/C15H15ClN4/c1-2-8-20-14-11(16)4-3-5-12(14)19-15(20)13-7-6-10(17)9-18-13/h3-7,9H,2,8,17H2,1H3. The zero-order valence-corrected chi connectivity index (χ0v) is 11.9. The van der Waals surface area contributed by atoms with Crippen LogP contribution >= 0.6 is 11.6 Å². The van der Waals surface area contributed by atoms with Crippen molar-refractivity contribution in [3.05, 3.63) is 41.6 Å². The van der Waals surface area contributed by atoms with Crippen molar-refractivity contribution in [3.63, 3.8) is 0 Å². The summed E-state index contributed by atoms with van der Waals surface area (Å²) < 4.78 is 2.12. The van der Waals surface area contributed by atoms with Crippen molar-refractivity contribution in [2.45, 2.75) is 19.9 Å². The predicted octanol–water partition coefficient (Wildman–Crippen LogP) is 3.74. The van der Waals surface area contributed by atoms with E-state index in [9.17, 15) is 0 Å². The molecule has 0 spiro atoms. The van der Waals surface area contributed by atoms with Crippen LogP contribution in [0.4, 0.5) is 5.69 Å². The molecular formula is C15H15ClN4. The Hall–Kier alpha value is -2.07. The fraction of sp³-hybridized carbons (Fsp3) is 0.200. The lowest BCUT2D eigenvalue weighted by Crippen LogP contribution is -2.01. The van der Waals surface area contributed by atoms with E-state index in [0.29, 0.717) is 10.7 Å². The Bertz CT molecular complexity index is 746. The van der Waals surface area contributed by atoms with Crippen molar-refractivity contribution in [3.8, 4) is 11.5 Å². The number of aromatic nitrogens is 3. The molecule has 0 aliphatic carbocycles. The van der Waals surface area contributed by atoms with Crippen LogP contribution in [0.2, 0.25) is 5.02 Å². The molecule has 102 valence electrons. The summed E-state index contributed by atoms with van der Waals surface area (Å²) in [5.41, 5.74) is 8.99. The molecule has 0 unspecified atom stereocenters. The van der Waals surface area contributed by atoms with Gasteiger partial charge in [-0.25, -0.2) is 4.98 Å². The van der Waals surface area contributed by atoms with Crippen molar-refractivity contribution < 1.29 is 0 Å². The van der Waals surface area contributed by atoms with E-state index in [1.165, 1.54) is 0 Å². The minimum Gasteiger partial charge on any atom is -0.397 e. The van der Waals surface area contributed by atoms with Gasteiger partial charge in [-0.15, -0.1) is 0 Å². The van der Waals surface area contributed by atoms with E-state index in [0.717, 1.165) is 35.5 Å². The largest absolute Gasteiger partial charge is 0.397 e. The number of nitrogens with two attached hydrogens (primary N) is 1. The maximum absolute atomic E-state index is 6.32. The average Bonchev–Trinajstić information content (AvgIpc) is 2.80. The average molecular weight is 287 g/mol. The highest BCUT2D eigenvalue weighted by atomic mass is 35.5. The van der Waals surface area contributed by atoms with Crippen LogP contribution in [0.5, 0.6) is 0 Å². The smallest absolute Gasteiger partial charge is 0.159 e. The fourth-order valence-corrected chi connectivity index (χ4v) is 2.59. The van der Waals surface area contributed by atoms with Crippen LogP contribution in [0.3, 0.4) is 0 Å². The number of hydrogen-bond acceptors (Lipinski definition) is 3. The molecule has 3 rings (SSSR count). The lowest BCUT2D eigenvalue weighted by molar-refractivity contribution is 0.702. The highest BCUT2D eigenvalue weighted by Gasteiger charge is 2.15. The summed E-state index contributed by atoms with van der Waals surface area (Å²) in [4.78, 5) is 9.03. The molecule has 2 heterocycles. The zero-order chi connectivity index (χ0) is 14.1. The first-order valence-corrected chi connectivity index (χ1v) is 6.95. The highest BCUT2D eigenvalue weighted by molar-refractivity contribution is 6.35. The predicted molar refractivity (Wildman–Crippen MR) is 82.7 cm³/mol. The van der Waals surface area contributed by atoms with Crippen LogP contribution in [-0.2, 0) is 6.54 Å². The van der Waals surface area contributed by atoms with Crippen molar-refractivity contribution in [2.75, 3.05) is 5.73 Å². The van der Waals surface area contributed by atoms with Gasteiger partial charge in [0.05, 0.1) is 27.9 Å². The summed E-state index contributed by atoms with van der Waals surface area (Å²) >= 11 is 6.32. The minimum atomic E-state index is 0.643. The molecule has 0 fully saturated rings. The third-order valence-corrected chi connectivity index (χ3v) is 3.49. The van der Waals surface area contributed by atoms with E-state index in [4.69, 9.17) is 17.3 Å². The summed E-state index contributed by atoms with van der Waals surface area (Å²) in [5, 5.41) is 0.713. The Morgan fingerprint density at radius 2 is 2.10 bits per heavy atom. The number of nitrogen functional groups attached to an aromatic ring is 1. The molecule has 3 aromatic rings. The number of fused-ring (bicyclic) bond motifs is 1. The number of para-hydroxylation sites is 1. The first kappa shape index (κ1) is 12.9. The molecule has 2 aromatic heterocycles. The maximum Gasteiger partial charge on any atom is 0.159 e. The first-order valence-electron chi connectivity index (χ1n) is 6.57. The second kappa shape index (κ2) is 5.13. The van der Waals surface area contributed by atoms with Gasteiger partial charge in [0, 0.05) is 6.54 Å². The number of pyridine rings is 1. The normalized spacial score (nSPS) is 11.1. The van der Waals surface area contributed by atoms with E-state index in [1.54, 1.807) is 6.20 Å². The first-order chi connectivity index (χ1) is 9.70. The zero-order valence-electron chi connectivity index (χ0n) is 11.2. The molecule has 0 amide bonds. The maximum atomic E-state index is 6.32. The Kier molecular flexibility index (Phi) is 3.32. The Balaban J connectivity index is 2.26. The molecule has 0 aliphatic rings. The number of rotatable bonds is 3. The van der Waals surface area contributed by atoms with Crippen molar-refractivity contribution in [1.82, 2.24) is 14.5 Å². The van der Waals surface area contributed by atoms with Crippen LogP contribution in [0, 0.1) is 0 Å². The van der Waals surface area contributed by atoms with Gasteiger partial charge in [0.1, 0.15) is 5.69 Å².